The lowest BCUT2D eigenvalue weighted by Gasteiger charge is -2.35. The molecule has 1 aromatic rings. The lowest BCUT2D eigenvalue weighted by atomic mass is 9.83. The van der Waals surface area contributed by atoms with Crippen LogP contribution in [0.15, 0.2) is 30.3 Å². The Kier molecular flexibility index (Phi) is 6.70. The fraction of sp³-hybridized carbons (Fsp3) is 0.667. The molecule has 0 amide bonds. The van der Waals surface area contributed by atoms with Crippen molar-refractivity contribution in [1.82, 2.24) is 5.32 Å². The topological polar surface area (TPSA) is 32.3 Å². The van der Waals surface area contributed by atoms with E-state index in [0.29, 0.717) is 18.0 Å². The molecule has 1 rings (SSSR count). The van der Waals surface area contributed by atoms with E-state index in [4.69, 9.17) is 0 Å². The van der Waals surface area contributed by atoms with Gasteiger partial charge in [0, 0.05) is 18.7 Å². The van der Waals surface area contributed by atoms with Gasteiger partial charge in [-0.2, -0.15) is 0 Å². The Hall–Kier alpha value is -0.860. The molecular weight excluding hydrogens is 246 g/mol. The van der Waals surface area contributed by atoms with Crippen LogP contribution in [0.1, 0.15) is 59.1 Å². The normalized spacial score (nSPS) is 15.3. The largest absolute Gasteiger partial charge is 0.396 e. The van der Waals surface area contributed by atoms with Gasteiger partial charge in [0.05, 0.1) is 0 Å². The van der Waals surface area contributed by atoms with Gasteiger partial charge >= 0.3 is 0 Å². The summed E-state index contributed by atoms with van der Waals surface area (Å²) >= 11 is 0. The van der Waals surface area contributed by atoms with E-state index in [1.165, 1.54) is 5.56 Å². The maximum absolute atomic E-state index is 9.33. The fourth-order valence-corrected chi connectivity index (χ4v) is 2.60. The summed E-state index contributed by atoms with van der Waals surface area (Å²) in [5.74, 6) is 0.641. The molecule has 0 bridgehead atoms. The number of aliphatic hydroxyl groups is 1. The molecule has 2 nitrogen and oxygen atoms in total. The number of rotatable bonds is 7. The van der Waals surface area contributed by atoms with E-state index < -0.39 is 0 Å². The zero-order valence-corrected chi connectivity index (χ0v) is 13.7. The van der Waals surface area contributed by atoms with Crippen LogP contribution >= 0.6 is 0 Å². The highest BCUT2D eigenvalue weighted by Crippen LogP contribution is 2.28. The lowest BCUT2D eigenvalue weighted by Crippen LogP contribution is -2.43. The second-order valence-electron chi connectivity index (χ2n) is 7.19. The number of benzene rings is 1. The molecule has 2 atom stereocenters. The van der Waals surface area contributed by atoms with E-state index in [2.05, 4.69) is 70.3 Å². The minimum atomic E-state index is 0.146. The average Bonchev–Trinajstić information content (AvgIpc) is 2.36. The Bertz CT molecular complexity index is 367. The third-order valence-electron chi connectivity index (χ3n) is 3.77. The van der Waals surface area contributed by atoms with E-state index in [0.717, 1.165) is 12.8 Å². The summed E-state index contributed by atoms with van der Waals surface area (Å²) in [6.45, 7) is 11.5. The quantitative estimate of drug-likeness (QED) is 0.784. The Morgan fingerprint density at radius 2 is 1.70 bits per heavy atom. The van der Waals surface area contributed by atoms with Crippen molar-refractivity contribution in [3.63, 3.8) is 0 Å². The summed E-state index contributed by atoms with van der Waals surface area (Å²) < 4.78 is 0. The summed E-state index contributed by atoms with van der Waals surface area (Å²) in [6, 6.07) is 11.3. The number of hydrogen-bond acceptors (Lipinski definition) is 2. The van der Waals surface area contributed by atoms with Crippen molar-refractivity contribution in [2.75, 3.05) is 6.61 Å². The first kappa shape index (κ1) is 17.2. The monoisotopic (exact) mass is 277 g/mol. The highest BCUT2D eigenvalue weighted by atomic mass is 16.3. The van der Waals surface area contributed by atoms with Crippen LogP contribution in [0.25, 0.3) is 0 Å². The molecule has 0 aliphatic heterocycles. The van der Waals surface area contributed by atoms with Crippen LogP contribution in [-0.4, -0.2) is 17.8 Å². The van der Waals surface area contributed by atoms with E-state index in [1.54, 1.807) is 0 Å². The second-order valence-corrected chi connectivity index (χ2v) is 7.19. The molecule has 1 aromatic carbocycles. The highest BCUT2D eigenvalue weighted by Gasteiger charge is 2.27. The van der Waals surface area contributed by atoms with E-state index in [1.807, 2.05) is 0 Å². The maximum Gasteiger partial charge on any atom is 0.0446 e. The van der Waals surface area contributed by atoms with Gasteiger partial charge in [-0.1, -0.05) is 65.0 Å². The molecule has 0 saturated heterocycles. The average molecular weight is 277 g/mol. The van der Waals surface area contributed by atoms with Crippen LogP contribution in [-0.2, 0) is 0 Å². The molecule has 0 aromatic heterocycles. The first-order valence-corrected chi connectivity index (χ1v) is 7.76. The minimum absolute atomic E-state index is 0.146. The van der Waals surface area contributed by atoms with E-state index in [9.17, 15) is 5.11 Å². The second kappa shape index (κ2) is 7.80. The third kappa shape index (κ3) is 5.64. The van der Waals surface area contributed by atoms with Crippen LogP contribution in [0, 0.1) is 11.3 Å². The Labute approximate surface area is 124 Å². The van der Waals surface area contributed by atoms with Gasteiger partial charge in [-0.3, -0.25) is 0 Å². The van der Waals surface area contributed by atoms with Gasteiger partial charge in [0.1, 0.15) is 0 Å². The van der Waals surface area contributed by atoms with Crippen molar-refractivity contribution < 1.29 is 5.11 Å². The molecular formula is C18H31NO. The molecule has 0 heterocycles. The van der Waals surface area contributed by atoms with Crippen molar-refractivity contribution in [3.8, 4) is 0 Å². The molecule has 2 N–H and O–H groups in total. The van der Waals surface area contributed by atoms with Crippen molar-refractivity contribution >= 4 is 0 Å². The fourth-order valence-electron chi connectivity index (χ4n) is 2.60. The molecule has 0 aliphatic carbocycles. The highest BCUT2D eigenvalue weighted by molar-refractivity contribution is 5.19. The zero-order chi connectivity index (χ0) is 15.2. The molecule has 0 saturated carbocycles. The predicted molar refractivity (Wildman–Crippen MR) is 86.7 cm³/mol. The van der Waals surface area contributed by atoms with Gasteiger partial charge in [0.15, 0.2) is 0 Å². The summed E-state index contributed by atoms with van der Waals surface area (Å²) in [6.07, 6.45) is 1.91. The van der Waals surface area contributed by atoms with Gasteiger partial charge in [0.25, 0.3) is 0 Å². The molecule has 2 heteroatoms. The van der Waals surface area contributed by atoms with Crippen molar-refractivity contribution in [2.45, 2.75) is 59.5 Å². The Balaban J connectivity index is 2.88. The molecule has 114 valence electrons. The zero-order valence-electron chi connectivity index (χ0n) is 13.7. The van der Waals surface area contributed by atoms with E-state index in [-0.39, 0.29) is 12.0 Å². The first-order valence-electron chi connectivity index (χ1n) is 7.76. The lowest BCUT2D eigenvalue weighted by molar-refractivity contribution is 0.180. The van der Waals surface area contributed by atoms with Crippen LogP contribution in [0.5, 0.6) is 0 Å². The molecule has 0 aliphatic rings. The summed E-state index contributed by atoms with van der Waals surface area (Å²) in [5, 5.41) is 13.1. The minimum Gasteiger partial charge on any atom is -0.396 e. The third-order valence-corrected chi connectivity index (χ3v) is 3.77. The standard InChI is InChI=1S/C18H31NO/c1-14(2)13-16(15-9-7-6-8-10-15)19-17(11-12-20)18(3,4)5/h6-10,14,16-17,19-20H,11-13H2,1-5H3. The summed E-state index contributed by atoms with van der Waals surface area (Å²) in [7, 11) is 0. The number of nitrogens with one attached hydrogen (secondary N) is 1. The van der Waals surface area contributed by atoms with E-state index >= 15 is 0 Å². The van der Waals surface area contributed by atoms with Gasteiger partial charge in [-0.25, -0.2) is 0 Å². The Morgan fingerprint density at radius 1 is 1.10 bits per heavy atom. The molecule has 0 spiro atoms. The Morgan fingerprint density at radius 3 is 2.15 bits per heavy atom. The van der Waals surface area contributed by atoms with Gasteiger partial charge in [-0.05, 0) is 29.7 Å². The molecule has 2 unspecified atom stereocenters. The molecule has 0 fully saturated rings. The first-order chi connectivity index (χ1) is 9.34. The van der Waals surface area contributed by atoms with Gasteiger partial charge in [-0.15, -0.1) is 0 Å². The smallest absolute Gasteiger partial charge is 0.0446 e. The van der Waals surface area contributed by atoms with Gasteiger partial charge in [0.2, 0.25) is 0 Å². The number of aliphatic hydroxyl groups excluding tert-OH is 1. The molecule has 0 radical (unpaired) electrons. The van der Waals surface area contributed by atoms with Crippen LogP contribution < -0.4 is 5.32 Å². The summed E-state index contributed by atoms with van der Waals surface area (Å²) in [4.78, 5) is 0. The van der Waals surface area contributed by atoms with Crippen molar-refractivity contribution in [2.24, 2.45) is 11.3 Å². The van der Waals surface area contributed by atoms with Crippen LogP contribution in [0.2, 0.25) is 0 Å². The molecule has 20 heavy (non-hydrogen) atoms. The van der Waals surface area contributed by atoms with Crippen LogP contribution in [0.4, 0.5) is 0 Å². The predicted octanol–water partition coefficient (Wildman–Crippen LogP) is 4.16. The van der Waals surface area contributed by atoms with Gasteiger partial charge < -0.3 is 10.4 Å². The SMILES string of the molecule is CC(C)CC(NC(CCO)C(C)(C)C)c1ccccc1. The van der Waals surface area contributed by atoms with Crippen LogP contribution in [0.3, 0.4) is 0 Å². The van der Waals surface area contributed by atoms with Crippen molar-refractivity contribution in [3.05, 3.63) is 35.9 Å². The number of hydrogen-bond donors (Lipinski definition) is 2. The van der Waals surface area contributed by atoms with Crippen molar-refractivity contribution in [1.29, 1.82) is 0 Å². The maximum atomic E-state index is 9.33. The summed E-state index contributed by atoms with van der Waals surface area (Å²) in [5.41, 5.74) is 1.49.